The van der Waals surface area contributed by atoms with Crippen LogP contribution in [-0.4, -0.2) is 118 Å². The molecule has 0 spiro atoms. The number of ketones is 2. The van der Waals surface area contributed by atoms with Crippen molar-refractivity contribution in [1.29, 1.82) is 0 Å². The van der Waals surface area contributed by atoms with E-state index in [1.807, 2.05) is 26.8 Å². The van der Waals surface area contributed by atoms with E-state index >= 15 is 0 Å². The summed E-state index contributed by atoms with van der Waals surface area (Å²) in [6, 6.07) is -1.08. The van der Waals surface area contributed by atoms with Gasteiger partial charge in [-0.3, -0.25) is 14.4 Å². The highest BCUT2D eigenvalue weighted by Crippen LogP contribution is 2.42. The number of hydrogen-bond acceptors (Lipinski definition) is 11. The quantitative estimate of drug-likeness (QED) is 0.103. The van der Waals surface area contributed by atoms with Crippen molar-refractivity contribution in [2.45, 2.75) is 199 Å². The van der Waals surface area contributed by atoms with Gasteiger partial charge in [0.1, 0.15) is 24.0 Å². The number of amides is 1. The summed E-state index contributed by atoms with van der Waals surface area (Å²) in [6.07, 6.45) is 9.93. The van der Waals surface area contributed by atoms with Gasteiger partial charge in [0.2, 0.25) is 5.79 Å². The molecule has 1 saturated carbocycles. The van der Waals surface area contributed by atoms with E-state index < -0.39 is 86.1 Å². The molecule has 0 aromatic carbocycles. The summed E-state index contributed by atoms with van der Waals surface area (Å²) in [7, 11) is 2.34. The van der Waals surface area contributed by atoms with Gasteiger partial charge in [-0.15, -0.1) is 6.58 Å². The second-order valence-corrected chi connectivity index (χ2v) is 25.7. The van der Waals surface area contributed by atoms with E-state index in [1.54, 1.807) is 34.3 Å². The maximum absolute atomic E-state index is 14.8. The predicted octanol–water partition coefficient (Wildman–Crippen LogP) is 8.70. The van der Waals surface area contributed by atoms with E-state index in [0.29, 0.717) is 32.1 Å². The van der Waals surface area contributed by atoms with Crippen LogP contribution < -0.4 is 0 Å². The minimum absolute atomic E-state index is 0.0227. The predicted molar refractivity (Wildman–Crippen MR) is 247 cm³/mol. The number of Topliss-reactive ketones (excluding diaryl/α,β-unsaturated/α-hetero) is 2. The molecule has 1 aliphatic carbocycles. The number of cyclic esters (lactones) is 1. The van der Waals surface area contributed by atoms with E-state index in [0.717, 1.165) is 36.8 Å². The SMILES string of the molecule is C=CCC1C=C(C)CC(C)CC(OC)C2OC(O)(C(=O)C(=O)N3CCCCC3C(=O)OC(C(C)=CC3CCCC(OC)C3)C(C)C(O[Si](C)(C)C(C)(C)C)CC1=O)C(C)CC2OC. The molecule has 13 atom stereocenters. The zero-order valence-electron chi connectivity index (χ0n) is 41.0. The number of aliphatic hydroxyl groups is 1. The normalized spacial score (nSPS) is 36.8. The van der Waals surface area contributed by atoms with Crippen molar-refractivity contribution in [1.82, 2.24) is 4.90 Å². The van der Waals surface area contributed by atoms with Crippen molar-refractivity contribution in [3.8, 4) is 0 Å². The number of nitrogens with zero attached hydrogens (tertiary/aromatic N) is 1. The first-order valence-electron chi connectivity index (χ1n) is 23.7. The Morgan fingerprint density at radius 1 is 0.937 bits per heavy atom. The first-order valence-corrected chi connectivity index (χ1v) is 26.6. The van der Waals surface area contributed by atoms with Gasteiger partial charge in [-0.25, -0.2) is 4.79 Å². The van der Waals surface area contributed by atoms with Crippen LogP contribution in [0.2, 0.25) is 18.1 Å². The van der Waals surface area contributed by atoms with Gasteiger partial charge in [0.15, 0.2) is 8.32 Å². The van der Waals surface area contributed by atoms with Crippen LogP contribution in [0.1, 0.15) is 132 Å². The molecule has 3 heterocycles. The van der Waals surface area contributed by atoms with E-state index in [-0.39, 0.29) is 54.6 Å². The zero-order valence-corrected chi connectivity index (χ0v) is 42.0. The van der Waals surface area contributed by atoms with Gasteiger partial charge in [-0.2, -0.15) is 0 Å². The van der Waals surface area contributed by atoms with Crippen LogP contribution in [-0.2, 0) is 47.3 Å². The summed E-state index contributed by atoms with van der Waals surface area (Å²) in [5, 5.41) is 12.0. The number of rotatable bonds is 9. The Hall–Kier alpha value is -2.52. The molecule has 3 aliphatic heterocycles. The molecular weight excluding hydrogens is 819 g/mol. The maximum Gasteiger partial charge on any atom is 0.329 e. The van der Waals surface area contributed by atoms with Gasteiger partial charge in [-0.1, -0.05) is 71.8 Å². The van der Waals surface area contributed by atoms with Crippen molar-refractivity contribution in [2.75, 3.05) is 27.9 Å². The number of carbonyl (C=O) groups excluding carboxylic acids is 4. The minimum atomic E-state index is -2.51. The molecule has 63 heavy (non-hydrogen) atoms. The van der Waals surface area contributed by atoms with Crippen molar-refractivity contribution >= 4 is 31.8 Å². The van der Waals surface area contributed by atoms with E-state index in [2.05, 4.69) is 53.4 Å². The highest BCUT2D eigenvalue weighted by Gasteiger charge is 2.57. The highest BCUT2D eigenvalue weighted by atomic mass is 28.4. The fourth-order valence-corrected chi connectivity index (χ4v) is 11.5. The smallest absolute Gasteiger partial charge is 0.329 e. The van der Waals surface area contributed by atoms with Crippen molar-refractivity contribution < 1.29 is 52.4 Å². The second kappa shape index (κ2) is 22.8. The lowest BCUT2D eigenvalue weighted by molar-refractivity contribution is -0.302. The number of allylic oxidation sites excluding steroid dienone is 4. The number of carbonyl (C=O) groups is 4. The Kier molecular flexibility index (Phi) is 19.2. The monoisotopic (exact) mass is 902 g/mol. The molecule has 13 heteroatoms. The lowest BCUT2D eigenvalue weighted by Crippen LogP contribution is -2.64. The molecule has 0 radical (unpaired) electrons. The summed E-state index contributed by atoms with van der Waals surface area (Å²) < 4.78 is 37.8. The number of esters is 1. The lowest BCUT2D eigenvalue weighted by Gasteiger charge is -2.47. The molecule has 3 fully saturated rings. The summed E-state index contributed by atoms with van der Waals surface area (Å²) in [4.78, 5) is 59.7. The van der Waals surface area contributed by atoms with Crippen molar-refractivity contribution in [3.63, 3.8) is 0 Å². The Morgan fingerprint density at radius 3 is 2.22 bits per heavy atom. The van der Waals surface area contributed by atoms with Crippen LogP contribution in [0.4, 0.5) is 0 Å². The van der Waals surface area contributed by atoms with Crippen LogP contribution in [0.3, 0.4) is 0 Å². The van der Waals surface area contributed by atoms with Gasteiger partial charge in [0.05, 0.1) is 24.4 Å². The fourth-order valence-electron chi connectivity index (χ4n) is 10.1. The van der Waals surface area contributed by atoms with Gasteiger partial charge in [0, 0.05) is 52.0 Å². The standard InChI is InChI=1S/C50H83NO11Si/c1-15-19-37-25-31(2)24-32(3)26-42(58-11)45-43(59-12)28-34(5)50(56,61-45)46(53)47(54)51-23-17-16-22-39(51)48(55)60-44(33(4)27-36-20-18-21-38(29-36)57-10)35(6)41(30-40(37)52)62-63(13,14)49(7,8)9/h15,25,27,32,34-39,41-45,56H,1,16-24,26,28-30H2,2-14H3. The molecule has 4 rings (SSSR count). The Morgan fingerprint density at radius 2 is 1.60 bits per heavy atom. The largest absolute Gasteiger partial charge is 0.456 e. The molecular formula is C50H83NO11Si. The van der Waals surface area contributed by atoms with Crippen LogP contribution in [0.5, 0.6) is 0 Å². The number of ether oxygens (including phenoxy) is 5. The molecule has 4 aliphatic rings. The molecule has 13 unspecified atom stereocenters. The fraction of sp³-hybridized carbons (Fsp3) is 0.800. The lowest BCUT2D eigenvalue weighted by atomic mass is 9.82. The Bertz CT molecular complexity index is 1650. The number of methoxy groups -OCH3 is 3. The third kappa shape index (κ3) is 13.1. The molecule has 0 aromatic heterocycles. The Balaban J connectivity index is 1.89. The van der Waals surface area contributed by atoms with Crippen molar-refractivity contribution in [3.05, 3.63) is 36.0 Å². The maximum atomic E-state index is 14.8. The first kappa shape index (κ1) is 53.1. The summed E-state index contributed by atoms with van der Waals surface area (Å²) in [6.45, 7) is 24.8. The molecule has 2 bridgehead atoms. The topological polar surface area (TPSA) is 147 Å². The third-order valence-corrected chi connectivity index (χ3v) is 19.5. The highest BCUT2D eigenvalue weighted by molar-refractivity contribution is 6.74. The molecule has 2 saturated heterocycles. The third-order valence-electron chi connectivity index (χ3n) is 15.0. The van der Waals surface area contributed by atoms with Crippen LogP contribution in [0, 0.1) is 29.6 Å². The van der Waals surface area contributed by atoms with Gasteiger partial charge >= 0.3 is 5.97 Å². The molecule has 358 valence electrons. The van der Waals surface area contributed by atoms with E-state index in [4.69, 9.17) is 28.1 Å². The average molecular weight is 902 g/mol. The minimum Gasteiger partial charge on any atom is -0.456 e. The summed E-state index contributed by atoms with van der Waals surface area (Å²) >= 11 is 0. The van der Waals surface area contributed by atoms with Gasteiger partial charge in [-0.05, 0) is 114 Å². The summed E-state index contributed by atoms with van der Waals surface area (Å²) in [5.74, 6) is -6.71. The molecule has 0 aromatic rings. The summed E-state index contributed by atoms with van der Waals surface area (Å²) in [5.41, 5.74) is 1.87. The van der Waals surface area contributed by atoms with Gasteiger partial charge < -0.3 is 38.1 Å². The Labute approximate surface area is 380 Å². The number of fused-ring (bicyclic) bond motifs is 3. The van der Waals surface area contributed by atoms with Crippen LogP contribution >= 0.6 is 0 Å². The van der Waals surface area contributed by atoms with Crippen LogP contribution in [0.25, 0.3) is 0 Å². The van der Waals surface area contributed by atoms with Crippen LogP contribution in [0.15, 0.2) is 36.0 Å². The second-order valence-electron chi connectivity index (χ2n) is 21.0. The van der Waals surface area contributed by atoms with Crippen molar-refractivity contribution in [2.24, 2.45) is 29.6 Å². The first-order chi connectivity index (χ1) is 29.5. The van der Waals surface area contributed by atoms with Gasteiger partial charge in [0.25, 0.3) is 11.7 Å². The van der Waals surface area contributed by atoms with E-state index in [9.17, 15) is 24.3 Å². The molecule has 1 N–H and O–H groups in total. The molecule has 12 nitrogen and oxygen atoms in total. The number of hydrogen-bond donors (Lipinski definition) is 1. The average Bonchev–Trinajstić information content (AvgIpc) is 3.23. The zero-order chi connectivity index (χ0) is 47.0. The van der Waals surface area contributed by atoms with E-state index in [1.165, 1.54) is 4.90 Å². The molecule has 1 amide bonds. The number of piperidine rings is 1.